The minimum atomic E-state index is -0.382. The molecule has 0 aliphatic rings. The lowest BCUT2D eigenvalue weighted by Crippen LogP contribution is -2.32. The summed E-state index contributed by atoms with van der Waals surface area (Å²) in [6.07, 6.45) is 1.72. The molecule has 0 bridgehead atoms. The molecule has 0 aromatic carbocycles. The summed E-state index contributed by atoms with van der Waals surface area (Å²) in [5, 5.41) is 0. The molecule has 0 aliphatic carbocycles. The van der Waals surface area contributed by atoms with Crippen LogP contribution in [0.5, 0.6) is 0 Å². The van der Waals surface area contributed by atoms with Crippen LogP contribution in [0.1, 0.15) is 47.5 Å². The lowest BCUT2D eigenvalue weighted by molar-refractivity contribution is -0.395. The Kier molecular flexibility index (Phi) is 4.21. The van der Waals surface area contributed by atoms with E-state index in [-0.39, 0.29) is 11.2 Å². The van der Waals surface area contributed by atoms with Crippen LogP contribution < -0.4 is 0 Å². The van der Waals surface area contributed by atoms with Crippen LogP contribution in [0.4, 0.5) is 0 Å². The Balaban J connectivity index is 3.89. The fraction of sp³-hybridized carbons (Fsp3) is 0.900. The molecule has 0 aromatic heterocycles. The summed E-state index contributed by atoms with van der Waals surface area (Å²) in [5.41, 5.74) is -0.638. The zero-order valence-electron chi connectivity index (χ0n) is 8.94. The SMILES string of the molecule is [CH2]C(CC)(CC)OOC(C)(C)C. The molecular formula is C10H21O2. The van der Waals surface area contributed by atoms with Crippen LogP contribution in [0.15, 0.2) is 0 Å². The predicted molar refractivity (Wildman–Crippen MR) is 50.6 cm³/mol. The van der Waals surface area contributed by atoms with Crippen molar-refractivity contribution in [1.29, 1.82) is 0 Å². The van der Waals surface area contributed by atoms with Crippen LogP contribution >= 0.6 is 0 Å². The van der Waals surface area contributed by atoms with Crippen molar-refractivity contribution >= 4 is 0 Å². The second-order valence-electron chi connectivity index (χ2n) is 4.17. The molecule has 0 unspecified atom stereocenters. The van der Waals surface area contributed by atoms with Gasteiger partial charge in [0, 0.05) is 0 Å². The molecule has 0 saturated heterocycles. The van der Waals surface area contributed by atoms with Crippen molar-refractivity contribution < 1.29 is 9.78 Å². The Bertz CT molecular complexity index is 120. The van der Waals surface area contributed by atoms with Gasteiger partial charge >= 0.3 is 0 Å². The molecule has 0 fully saturated rings. The Hall–Kier alpha value is -0.0800. The van der Waals surface area contributed by atoms with Crippen molar-refractivity contribution in [3.05, 3.63) is 6.92 Å². The van der Waals surface area contributed by atoms with Gasteiger partial charge in [0.05, 0.1) is 5.60 Å². The zero-order chi connectivity index (χ0) is 9.83. The maximum Gasteiger partial charge on any atom is 0.103 e. The minimum Gasteiger partial charge on any atom is -0.230 e. The van der Waals surface area contributed by atoms with Gasteiger partial charge in [-0.2, -0.15) is 0 Å². The molecule has 2 nitrogen and oxygen atoms in total. The van der Waals surface area contributed by atoms with Crippen molar-refractivity contribution in [2.45, 2.75) is 58.7 Å². The van der Waals surface area contributed by atoms with Gasteiger partial charge in [-0.1, -0.05) is 13.8 Å². The first-order valence-corrected chi connectivity index (χ1v) is 4.55. The molecule has 0 N–H and O–H groups in total. The first-order chi connectivity index (χ1) is 5.33. The van der Waals surface area contributed by atoms with E-state index >= 15 is 0 Å². The maximum absolute atomic E-state index is 5.28. The fourth-order valence-electron chi connectivity index (χ4n) is 0.581. The smallest absolute Gasteiger partial charge is 0.103 e. The van der Waals surface area contributed by atoms with Crippen molar-refractivity contribution in [3.8, 4) is 0 Å². The molecule has 0 atom stereocenters. The summed E-state index contributed by atoms with van der Waals surface area (Å²) in [4.78, 5) is 10.5. The van der Waals surface area contributed by atoms with E-state index in [0.29, 0.717) is 0 Å². The van der Waals surface area contributed by atoms with Crippen LogP contribution in [0.25, 0.3) is 0 Å². The molecule has 12 heavy (non-hydrogen) atoms. The van der Waals surface area contributed by atoms with Gasteiger partial charge in [-0.05, 0) is 40.5 Å². The second-order valence-corrected chi connectivity index (χ2v) is 4.17. The summed E-state index contributed by atoms with van der Waals surface area (Å²) in [6.45, 7) is 13.9. The lowest BCUT2D eigenvalue weighted by atomic mass is 10.0. The molecule has 0 spiro atoms. The van der Waals surface area contributed by atoms with Gasteiger partial charge in [-0.3, -0.25) is 0 Å². The molecule has 0 amide bonds. The third-order valence-corrected chi connectivity index (χ3v) is 1.76. The van der Waals surface area contributed by atoms with E-state index in [2.05, 4.69) is 6.92 Å². The summed E-state index contributed by atoms with van der Waals surface area (Å²) >= 11 is 0. The van der Waals surface area contributed by atoms with E-state index in [0.717, 1.165) is 12.8 Å². The summed E-state index contributed by atoms with van der Waals surface area (Å²) in [6, 6.07) is 0. The van der Waals surface area contributed by atoms with Crippen LogP contribution in [0, 0.1) is 6.92 Å². The Morgan fingerprint density at radius 3 is 1.67 bits per heavy atom. The molecule has 2 heteroatoms. The highest BCUT2D eigenvalue weighted by molar-refractivity contribution is 4.78. The van der Waals surface area contributed by atoms with Gasteiger partial charge in [0.2, 0.25) is 0 Å². The highest BCUT2D eigenvalue weighted by Crippen LogP contribution is 2.22. The van der Waals surface area contributed by atoms with Crippen molar-refractivity contribution in [1.82, 2.24) is 0 Å². The Morgan fingerprint density at radius 2 is 1.42 bits per heavy atom. The van der Waals surface area contributed by atoms with Gasteiger partial charge < -0.3 is 0 Å². The summed E-state index contributed by atoms with van der Waals surface area (Å²) < 4.78 is 0. The van der Waals surface area contributed by atoms with Crippen LogP contribution in [-0.4, -0.2) is 11.2 Å². The van der Waals surface area contributed by atoms with Crippen molar-refractivity contribution in [3.63, 3.8) is 0 Å². The van der Waals surface area contributed by atoms with Gasteiger partial charge in [0.1, 0.15) is 5.60 Å². The molecule has 0 aromatic rings. The third-order valence-electron chi connectivity index (χ3n) is 1.76. The average molecular weight is 173 g/mol. The lowest BCUT2D eigenvalue weighted by Gasteiger charge is -2.29. The van der Waals surface area contributed by atoms with Crippen LogP contribution in [-0.2, 0) is 9.78 Å². The van der Waals surface area contributed by atoms with Crippen LogP contribution in [0.2, 0.25) is 0 Å². The van der Waals surface area contributed by atoms with Gasteiger partial charge in [0.25, 0.3) is 0 Å². The molecular weight excluding hydrogens is 152 g/mol. The van der Waals surface area contributed by atoms with Crippen molar-refractivity contribution in [2.24, 2.45) is 0 Å². The molecule has 0 heterocycles. The van der Waals surface area contributed by atoms with E-state index < -0.39 is 0 Å². The molecule has 0 aliphatic heterocycles. The third kappa shape index (κ3) is 4.73. The zero-order valence-corrected chi connectivity index (χ0v) is 8.94. The average Bonchev–Trinajstić information content (AvgIpc) is 1.99. The molecule has 0 saturated carbocycles. The standard InChI is InChI=1S/C10H21O2/c1-7-10(6,8-2)12-11-9(3,4)5/h6-8H2,1-5H3. The normalized spacial score (nSPS) is 13.5. The Morgan fingerprint density at radius 1 is 1.00 bits per heavy atom. The van der Waals surface area contributed by atoms with Gasteiger partial charge in [0.15, 0.2) is 0 Å². The highest BCUT2D eigenvalue weighted by Gasteiger charge is 2.25. The van der Waals surface area contributed by atoms with E-state index in [4.69, 9.17) is 9.78 Å². The Labute approximate surface area is 76.2 Å². The van der Waals surface area contributed by atoms with Gasteiger partial charge in [-0.25, -0.2) is 9.78 Å². The maximum atomic E-state index is 5.28. The van der Waals surface area contributed by atoms with E-state index in [1.165, 1.54) is 0 Å². The van der Waals surface area contributed by atoms with Gasteiger partial charge in [-0.15, -0.1) is 0 Å². The first-order valence-electron chi connectivity index (χ1n) is 4.55. The topological polar surface area (TPSA) is 18.5 Å². The predicted octanol–water partition coefficient (Wildman–Crippen LogP) is 3.13. The highest BCUT2D eigenvalue weighted by atomic mass is 17.2. The van der Waals surface area contributed by atoms with E-state index in [9.17, 15) is 0 Å². The summed E-state index contributed by atoms with van der Waals surface area (Å²) in [7, 11) is 0. The van der Waals surface area contributed by atoms with Crippen LogP contribution in [0.3, 0.4) is 0 Å². The molecule has 1 radical (unpaired) electrons. The molecule has 73 valence electrons. The number of rotatable bonds is 4. The number of hydrogen-bond acceptors (Lipinski definition) is 2. The first kappa shape index (κ1) is 11.9. The van der Waals surface area contributed by atoms with E-state index in [1.807, 2.05) is 34.6 Å². The monoisotopic (exact) mass is 173 g/mol. The molecule has 0 rings (SSSR count). The van der Waals surface area contributed by atoms with Crippen molar-refractivity contribution in [2.75, 3.05) is 0 Å². The number of hydrogen-bond donors (Lipinski definition) is 0. The summed E-state index contributed by atoms with van der Waals surface area (Å²) in [5.74, 6) is 0. The second kappa shape index (κ2) is 4.24. The van der Waals surface area contributed by atoms with E-state index in [1.54, 1.807) is 0 Å². The fourth-order valence-corrected chi connectivity index (χ4v) is 0.581. The quantitative estimate of drug-likeness (QED) is 0.480. The minimum absolute atomic E-state index is 0.257. The largest absolute Gasteiger partial charge is 0.230 e.